The van der Waals surface area contributed by atoms with Crippen molar-refractivity contribution in [1.82, 2.24) is 5.06 Å². The predicted molar refractivity (Wildman–Crippen MR) is 177 cm³/mol. The Balaban J connectivity index is 0.00000484. The first kappa shape index (κ1) is 34.9. The normalized spacial score (nSPS) is 17.1. The van der Waals surface area contributed by atoms with Crippen molar-refractivity contribution in [1.29, 1.82) is 0 Å². The number of hydrogen-bond donors (Lipinski definition) is 0. The average molecular weight is 654 g/mol. The zero-order valence-corrected chi connectivity index (χ0v) is 28.8. The third-order valence-corrected chi connectivity index (χ3v) is 13.4. The lowest BCUT2D eigenvalue weighted by Gasteiger charge is -2.49. The van der Waals surface area contributed by atoms with E-state index < -0.39 is 7.26 Å². The molecular formula is C37H52BrNO2P. The summed E-state index contributed by atoms with van der Waals surface area (Å²) in [5, 5.41) is 18.3. The van der Waals surface area contributed by atoms with Crippen LogP contribution in [0.1, 0.15) is 91.9 Å². The molecule has 0 spiro atoms. The summed E-state index contributed by atoms with van der Waals surface area (Å²) >= 11 is 0. The van der Waals surface area contributed by atoms with Crippen LogP contribution in [-0.2, 0) is 9.94 Å². The van der Waals surface area contributed by atoms with Crippen molar-refractivity contribution < 1.29 is 26.9 Å². The molecule has 1 heterocycles. The predicted octanol–water partition coefficient (Wildman–Crippen LogP) is 5.49. The Morgan fingerprint density at radius 3 is 1.38 bits per heavy atom. The molecule has 0 amide bonds. The fraction of sp³-hybridized carbons (Fsp3) is 0.514. The number of ether oxygens (including phenoxy) is 1. The number of piperidine rings is 1. The summed E-state index contributed by atoms with van der Waals surface area (Å²) in [6.45, 7) is 9.00. The first-order valence-electron chi connectivity index (χ1n) is 15.9. The lowest BCUT2D eigenvalue weighted by molar-refractivity contribution is -0.301. The summed E-state index contributed by atoms with van der Waals surface area (Å²) in [6, 6.07) is 33.8. The second kappa shape index (κ2) is 16.5. The Hall–Kier alpha value is -1.55. The van der Waals surface area contributed by atoms with E-state index in [9.17, 15) is 5.21 Å². The van der Waals surface area contributed by atoms with Gasteiger partial charge in [-0.05, 0) is 96.2 Å². The van der Waals surface area contributed by atoms with Gasteiger partial charge in [0, 0.05) is 17.7 Å². The maximum atomic E-state index is 12.6. The number of hydroxylamine groups is 2. The molecule has 1 aliphatic heterocycles. The quantitative estimate of drug-likeness (QED) is 0.161. The summed E-state index contributed by atoms with van der Waals surface area (Å²) in [6.07, 6.45) is 13.2. The molecule has 1 radical (unpaired) electrons. The highest BCUT2D eigenvalue weighted by molar-refractivity contribution is 7.95. The van der Waals surface area contributed by atoms with Gasteiger partial charge in [0.05, 0.1) is 12.3 Å². The molecule has 0 unspecified atom stereocenters. The third kappa shape index (κ3) is 8.99. The highest BCUT2D eigenvalue weighted by Gasteiger charge is 2.46. The molecule has 1 aliphatic rings. The first-order valence-corrected chi connectivity index (χ1v) is 17.9. The van der Waals surface area contributed by atoms with Crippen molar-refractivity contribution in [3.8, 4) is 0 Å². The van der Waals surface area contributed by atoms with Crippen LogP contribution in [0.4, 0.5) is 0 Å². The molecule has 3 nitrogen and oxygen atoms in total. The van der Waals surface area contributed by atoms with E-state index in [4.69, 9.17) is 4.74 Å². The van der Waals surface area contributed by atoms with Crippen molar-refractivity contribution in [3.05, 3.63) is 91.0 Å². The summed E-state index contributed by atoms with van der Waals surface area (Å²) in [4.78, 5) is 0. The average Bonchev–Trinajstić information content (AvgIpc) is 2.98. The number of rotatable bonds is 15. The van der Waals surface area contributed by atoms with Gasteiger partial charge in [-0.15, -0.1) is 10.3 Å². The van der Waals surface area contributed by atoms with Crippen LogP contribution in [-0.4, -0.2) is 35.0 Å². The van der Waals surface area contributed by atoms with Crippen molar-refractivity contribution in [2.24, 2.45) is 0 Å². The highest BCUT2D eigenvalue weighted by atomic mass is 79.9. The minimum Gasteiger partial charge on any atom is -1.00 e. The number of unbranched alkanes of at least 4 members (excludes halogenated alkanes) is 7. The Bertz CT molecular complexity index is 1040. The van der Waals surface area contributed by atoms with Crippen LogP contribution in [0.25, 0.3) is 0 Å². The minimum atomic E-state index is -1.69. The van der Waals surface area contributed by atoms with Gasteiger partial charge in [0.1, 0.15) is 23.2 Å². The molecule has 3 aromatic rings. The lowest BCUT2D eigenvalue weighted by atomic mass is 9.80. The Morgan fingerprint density at radius 2 is 0.976 bits per heavy atom. The fourth-order valence-corrected chi connectivity index (χ4v) is 11.3. The van der Waals surface area contributed by atoms with Gasteiger partial charge < -0.3 is 21.7 Å². The molecule has 0 aliphatic carbocycles. The van der Waals surface area contributed by atoms with Crippen molar-refractivity contribution in [2.75, 3.05) is 12.8 Å². The summed E-state index contributed by atoms with van der Waals surface area (Å²) in [5.74, 6) is 0. The van der Waals surface area contributed by atoms with Crippen LogP contribution >= 0.6 is 7.26 Å². The molecule has 1 fully saturated rings. The van der Waals surface area contributed by atoms with Gasteiger partial charge in [-0.1, -0.05) is 86.7 Å². The zero-order chi connectivity index (χ0) is 29.2. The van der Waals surface area contributed by atoms with E-state index in [1.54, 1.807) is 0 Å². The molecule has 5 heteroatoms. The standard InChI is InChI=1S/C37H52NO2P.BrH/c1-36(2)30-32(31-37(3,4)38(36)39)40-28-20-9-7-5-6-8-10-21-29-41(33-22-14-11-15-23-33,34-24-16-12-17-25-34)35-26-18-13-19-27-35;/h11-19,22-27,32H,5-10,20-21,28-31H2,1-4H3;1H/q+1;/p-1. The second-order valence-electron chi connectivity index (χ2n) is 13.2. The van der Waals surface area contributed by atoms with Crippen molar-refractivity contribution in [3.63, 3.8) is 0 Å². The molecule has 3 aromatic carbocycles. The molecule has 0 saturated carbocycles. The smallest absolute Gasteiger partial charge is 0.112 e. The van der Waals surface area contributed by atoms with Crippen molar-refractivity contribution >= 4 is 23.2 Å². The largest absolute Gasteiger partial charge is 1.00 e. The number of benzene rings is 3. The van der Waals surface area contributed by atoms with Gasteiger partial charge in [0.2, 0.25) is 0 Å². The lowest BCUT2D eigenvalue weighted by Crippen LogP contribution is -3.00. The molecule has 0 atom stereocenters. The van der Waals surface area contributed by atoms with Gasteiger partial charge >= 0.3 is 0 Å². The molecular weight excluding hydrogens is 601 g/mol. The topological polar surface area (TPSA) is 32.4 Å². The summed E-state index contributed by atoms with van der Waals surface area (Å²) in [7, 11) is -1.69. The Morgan fingerprint density at radius 1 is 0.619 bits per heavy atom. The van der Waals surface area contributed by atoms with Crippen LogP contribution < -0.4 is 32.9 Å². The SMILES string of the molecule is CC1(C)CC(OCCCCCCCCCC[P+](c2ccccc2)(c2ccccc2)c2ccccc2)CC(C)(C)N1[O].[Br-]. The van der Waals surface area contributed by atoms with Gasteiger partial charge in [-0.25, -0.2) is 0 Å². The van der Waals surface area contributed by atoms with Gasteiger partial charge in [-0.3, -0.25) is 0 Å². The van der Waals surface area contributed by atoms with E-state index in [1.165, 1.54) is 72.1 Å². The van der Waals surface area contributed by atoms with Crippen LogP contribution in [0, 0.1) is 0 Å². The van der Waals surface area contributed by atoms with E-state index in [0.717, 1.165) is 25.9 Å². The first-order chi connectivity index (χ1) is 19.8. The van der Waals surface area contributed by atoms with E-state index in [2.05, 4.69) is 91.0 Å². The molecule has 0 aromatic heterocycles. The van der Waals surface area contributed by atoms with E-state index >= 15 is 0 Å². The van der Waals surface area contributed by atoms with Gasteiger partial charge in [-0.2, -0.15) is 0 Å². The number of hydrogen-bond acceptors (Lipinski definition) is 2. The van der Waals surface area contributed by atoms with Crippen LogP contribution in [0.3, 0.4) is 0 Å². The van der Waals surface area contributed by atoms with E-state index in [-0.39, 0.29) is 34.2 Å². The third-order valence-electron chi connectivity index (χ3n) is 8.89. The highest BCUT2D eigenvalue weighted by Crippen LogP contribution is 2.56. The molecule has 42 heavy (non-hydrogen) atoms. The zero-order valence-electron chi connectivity index (χ0n) is 26.3. The van der Waals surface area contributed by atoms with Gasteiger partial charge in [0.25, 0.3) is 0 Å². The van der Waals surface area contributed by atoms with Crippen LogP contribution in [0.2, 0.25) is 0 Å². The van der Waals surface area contributed by atoms with Crippen LogP contribution in [0.15, 0.2) is 91.0 Å². The maximum absolute atomic E-state index is 12.6. The van der Waals surface area contributed by atoms with Gasteiger partial charge in [0.15, 0.2) is 0 Å². The molecule has 0 N–H and O–H groups in total. The molecule has 229 valence electrons. The second-order valence-corrected chi connectivity index (χ2v) is 16.8. The summed E-state index contributed by atoms with van der Waals surface area (Å²) in [5.41, 5.74) is -0.700. The maximum Gasteiger partial charge on any atom is 0.112 e. The number of nitrogens with zero attached hydrogens (tertiary/aromatic N) is 1. The fourth-order valence-electron chi connectivity index (χ4n) is 6.93. The Kier molecular flexibility index (Phi) is 13.7. The molecule has 4 rings (SSSR count). The minimum absolute atomic E-state index is 0. The molecule has 1 saturated heterocycles. The van der Waals surface area contributed by atoms with E-state index in [1.807, 2.05) is 27.7 Å². The summed E-state index contributed by atoms with van der Waals surface area (Å²) < 4.78 is 6.24. The number of halogens is 1. The Labute approximate surface area is 267 Å². The van der Waals surface area contributed by atoms with E-state index in [0.29, 0.717) is 0 Å². The van der Waals surface area contributed by atoms with Crippen molar-refractivity contribution in [2.45, 2.75) is 109 Å². The monoisotopic (exact) mass is 652 g/mol. The van der Waals surface area contributed by atoms with Crippen LogP contribution in [0.5, 0.6) is 0 Å². The molecule has 0 bridgehead atoms.